The Bertz CT molecular complexity index is 657. The van der Waals surface area contributed by atoms with Crippen LogP contribution in [0.5, 0.6) is 0 Å². The van der Waals surface area contributed by atoms with Gasteiger partial charge in [0, 0.05) is 24.2 Å². The minimum Gasteiger partial charge on any atom is -0.346 e. The van der Waals surface area contributed by atoms with E-state index in [-0.39, 0.29) is 23.6 Å². The van der Waals surface area contributed by atoms with E-state index in [1.807, 2.05) is 37.3 Å². The molecule has 2 rings (SSSR count). The second-order valence-corrected chi connectivity index (χ2v) is 6.24. The van der Waals surface area contributed by atoms with Gasteiger partial charge in [-0.3, -0.25) is 14.3 Å². The van der Waals surface area contributed by atoms with Gasteiger partial charge in [-0.15, -0.1) is 11.8 Å². The summed E-state index contributed by atoms with van der Waals surface area (Å²) in [7, 11) is 1.77. The molecule has 6 nitrogen and oxygen atoms in total. The number of benzene rings is 1. The Morgan fingerprint density at radius 3 is 2.61 bits per heavy atom. The summed E-state index contributed by atoms with van der Waals surface area (Å²) in [4.78, 5) is 25.1. The molecule has 0 bridgehead atoms. The van der Waals surface area contributed by atoms with Gasteiger partial charge in [0.25, 0.3) is 0 Å². The molecule has 2 N–H and O–H groups in total. The van der Waals surface area contributed by atoms with Crippen LogP contribution < -0.4 is 10.6 Å². The standard InChI is InChI=1S/C16H20N4O2S/c1-3-13(23-12-7-5-4-6-8-12)16(22)17-11-15(21)18-14-9-10-20(2)19-14/h4-10,13H,3,11H2,1-2H3,(H,17,22)(H,18,19,21). The normalized spacial score (nSPS) is 11.7. The van der Waals surface area contributed by atoms with Gasteiger partial charge in [-0.1, -0.05) is 25.1 Å². The molecule has 2 amide bonds. The van der Waals surface area contributed by atoms with Crippen LogP contribution >= 0.6 is 11.8 Å². The minimum absolute atomic E-state index is 0.0682. The summed E-state index contributed by atoms with van der Waals surface area (Å²) < 4.78 is 1.60. The molecular formula is C16H20N4O2S. The van der Waals surface area contributed by atoms with Gasteiger partial charge in [-0.25, -0.2) is 0 Å². The summed E-state index contributed by atoms with van der Waals surface area (Å²) >= 11 is 1.50. The maximum absolute atomic E-state index is 12.2. The molecule has 122 valence electrons. The summed E-state index contributed by atoms with van der Waals surface area (Å²) in [6, 6.07) is 11.4. The van der Waals surface area contributed by atoms with Gasteiger partial charge in [-0.2, -0.15) is 5.10 Å². The van der Waals surface area contributed by atoms with Crippen molar-refractivity contribution in [2.75, 3.05) is 11.9 Å². The number of aryl methyl sites for hydroxylation is 1. The molecule has 0 aliphatic carbocycles. The Morgan fingerprint density at radius 2 is 2.00 bits per heavy atom. The first-order chi connectivity index (χ1) is 11.1. The molecule has 0 fully saturated rings. The van der Waals surface area contributed by atoms with E-state index < -0.39 is 0 Å². The van der Waals surface area contributed by atoms with Crippen molar-refractivity contribution in [1.29, 1.82) is 0 Å². The highest BCUT2D eigenvalue weighted by atomic mass is 32.2. The fraction of sp³-hybridized carbons (Fsp3) is 0.312. The first-order valence-corrected chi connectivity index (χ1v) is 8.25. The topological polar surface area (TPSA) is 76.0 Å². The monoisotopic (exact) mass is 332 g/mol. The first kappa shape index (κ1) is 17.1. The predicted octanol–water partition coefficient (Wildman–Crippen LogP) is 2.05. The molecule has 0 aliphatic rings. The van der Waals surface area contributed by atoms with Crippen LogP contribution in [0.3, 0.4) is 0 Å². The van der Waals surface area contributed by atoms with Gasteiger partial charge in [0.15, 0.2) is 5.82 Å². The zero-order valence-electron chi connectivity index (χ0n) is 13.2. The number of hydrogen-bond acceptors (Lipinski definition) is 4. The zero-order chi connectivity index (χ0) is 16.7. The molecule has 1 atom stereocenters. The van der Waals surface area contributed by atoms with Crippen LogP contribution in [-0.4, -0.2) is 33.4 Å². The molecule has 0 saturated heterocycles. The molecule has 1 heterocycles. The number of nitrogens with zero attached hydrogens (tertiary/aromatic N) is 2. The maximum atomic E-state index is 12.2. The van der Waals surface area contributed by atoms with Crippen LogP contribution in [0, 0.1) is 0 Å². The number of amides is 2. The van der Waals surface area contributed by atoms with Crippen LogP contribution in [0.4, 0.5) is 5.82 Å². The molecule has 7 heteroatoms. The summed E-state index contributed by atoms with van der Waals surface area (Å²) in [5, 5.41) is 9.14. The van der Waals surface area contributed by atoms with Crippen molar-refractivity contribution >= 4 is 29.4 Å². The summed E-state index contributed by atoms with van der Waals surface area (Å²) in [5.41, 5.74) is 0. The minimum atomic E-state index is -0.295. The Morgan fingerprint density at radius 1 is 1.26 bits per heavy atom. The van der Waals surface area contributed by atoms with Gasteiger partial charge in [-0.05, 0) is 18.6 Å². The SMILES string of the molecule is CCC(Sc1ccccc1)C(=O)NCC(=O)Nc1ccn(C)n1. The lowest BCUT2D eigenvalue weighted by atomic mass is 10.3. The zero-order valence-corrected chi connectivity index (χ0v) is 14.0. The highest BCUT2D eigenvalue weighted by Gasteiger charge is 2.18. The summed E-state index contributed by atoms with van der Waals surface area (Å²) in [6.45, 7) is 1.88. The van der Waals surface area contributed by atoms with Gasteiger partial charge < -0.3 is 10.6 Å². The second-order valence-electron chi connectivity index (χ2n) is 4.97. The molecule has 0 aliphatic heterocycles. The molecule has 0 saturated carbocycles. The highest BCUT2D eigenvalue weighted by Crippen LogP contribution is 2.24. The lowest BCUT2D eigenvalue weighted by Crippen LogP contribution is -2.38. The molecule has 1 aromatic heterocycles. The summed E-state index contributed by atoms with van der Waals surface area (Å²) in [6.07, 6.45) is 2.42. The lowest BCUT2D eigenvalue weighted by molar-refractivity contribution is -0.123. The molecular weight excluding hydrogens is 312 g/mol. The van der Waals surface area contributed by atoms with Gasteiger partial charge in [0.05, 0.1) is 11.8 Å². The predicted molar refractivity (Wildman–Crippen MR) is 91.2 cm³/mol. The van der Waals surface area contributed by atoms with Crippen molar-refractivity contribution in [3.05, 3.63) is 42.6 Å². The number of carbonyl (C=O) groups excluding carboxylic acids is 2. The van der Waals surface area contributed by atoms with Crippen molar-refractivity contribution in [2.45, 2.75) is 23.5 Å². The third kappa shape index (κ3) is 5.45. The molecule has 23 heavy (non-hydrogen) atoms. The third-order valence-electron chi connectivity index (χ3n) is 3.09. The second kappa shape index (κ2) is 8.38. The first-order valence-electron chi connectivity index (χ1n) is 7.37. The van der Waals surface area contributed by atoms with Crippen molar-refractivity contribution in [3.63, 3.8) is 0 Å². The number of nitrogens with one attached hydrogen (secondary N) is 2. The van der Waals surface area contributed by atoms with Gasteiger partial charge >= 0.3 is 0 Å². The largest absolute Gasteiger partial charge is 0.346 e. The molecule has 0 radical (unpaired) electrons. The van der Waals surface area contributed by atoms with Crippen molar-refractivity contribution < 1.29 is 9.59 Å². The maximum Gasteiger partial charge on any atom is 0.244 e. The average molecular weight is 332 g/mol. The van der Waals surface area contributed by atoms with E-state index in [9.17, 15) is 9.59 Å². The molecule has 1 unspecified atom stereocenters. The van der Waals surface area contributed by atoms with E-state index in [1.54, 1.807) is 24.0 Å². The van der Waals surface area contributed by atoms with E-state index in [2.05, 4.69) is 15.7 Å². The Hall–Kier alpha value is -2.28. The number of rotatable bonds is 7. The average Bonchev–Trinajstić information content (AvgIpc) is 2.96. The summed E-state index contributed by atoms with van der Waals surface area (Å²) in [5.74, 6) is 0.0339. The van der Waals surface area contributed by atoms with E-state index in [1.165, 1.54) is 11.8 Å². The lowest BCUT2D eigenvalue weighted by Gasteiger charge is -2.14. The van der Waals surface area contributed by atoms with Crippen molar-refractivity contribution in [2.24, 2.45) is 7.05 Å². The highest BCUT2D eigenvalue weighted by molar-refractivity contribution is 8.00. The molecule has 2 aromatic rings. The molecule has 0 spiro atoms. The quantitative estimate of drug-likeness (QED) is 0.761. The van der Waals surface area contributed by atoms with E-state index in [0.29, 0.717) is 12.2 Å². The van der Waals surface area contributed by atoms with E-state index in [0.717, 1.165) is 4.90 Å². The number of thioether (sulfide) groups is 1. The number of anilines is 1. The van der Waals surface area contributed by atoms with Crippen LogP contribution in [0.25, 0.3) is 0 Å². The van der Waals surface area contributed by atoms with Crippen LogP contribution in [0.2, 0.25) is 0 Å². The van der Waals surface area contributed by atoms with Crippen LogP contribution in [-0.2, 0) is 16.6 Å². The third-order valence-corrected chi connectivity index (χ3v) is 4.47. The van der Waals surface area contributed by atoms with Gasteiger partial charge in [0.2, 0.25) is 11.8 Å². The number of aromatic nitrogens is 2. The number of hydrogen-bond donors (Lipinski definition) is 2. The Labute approximate surface area is 139 Å². The molecule has 1 aromatic carbocycles. The van der Waals surface area contributed by atoms with E-state index in [4.69, 9.17) is 0 Å². The van der Waals surface area contributed by atoms with Crippen molar-refractivity contribution in [3.8, 4) is 0 Å². The Kier molecular flexibility index (Phi) is 6.22. The van der Waals surface area contributed by atoms with Crippen molar-refractivity contribution in [1.82, 2.24) is 15.1 Å². The van der Waals surface area contributed by atoms with Crippen LogP contribution in [0.15, 0.2) is 47.5 Å². The fourth-order valence-corrected chi connectivity index (χ4v) is 2.94. The fourth-order valence-electron chi connectivity index (χ4n) is 1.94. The van der Waals surface area contributed by atoms with Gasteiger partial charge in [0.1, 0.15) is 0 Å². The van der Waals surface area contributed by atoms with E-state index >= 15 is 0 Å². The Balaban J connectivity index is 1.81. The number of carbonyl (C=O) groups is 2. The van der Waals surface area contributed by atoms with Crippen LogP contribution in [0.1, 0.15) is 13.3 Å². The smallest absolute Gasteiger partial charge is 0.244 e.